The minimum Gasteiger partial charge on any atom is -0.484 e. The van der Waals surface area contributed by atoms with Crippen LogP contribution in [0.5, 0.6) is 11.5 Å². The molecule has 0 radical (unpaired) electrons. The van der Waals surface area contributed by atoms with Crippen LogP contribution >= 0.6 is 0 Å². The number of hydrogen-bond acceptors (Lipinski definition) is 4. The highest BCUT2D eigenvalue weighted by Gasteiger charge is 2.30. The van der Waals surface area contributed by atoms with Crippen molar-refractivity contribution in [3.63, 3.8) is 0 Å². The third-order valence-corrected chi connectivity index (χ3v) is 5.19. The lowest BCUT2D eigenvalue weighted by atomic mass is 10.2. The summed E-state index contributed by atoms with van der Waals surface area (Å²) in [6, 6.07) is 15.2. The van der Waals surface area contributed by atoms with Crippen LogP contribution in [-0.4, -0.2) is 60.5 Å². The molecular formula is C23H28N2O4. The number of aryl methyl sites for hydroxylation is 2. The first-order valence-electron chi connectivity index (χ1n) is 9.90. The highest BCUT2D eigenvalue weighted by Crippen LogP contribution is 2.18. The van der Waals surface area contributed by atoms with Gasteiger partial charge in [-0.1, -0.05) is 36.4 Å². The molecule has 2 aromatic rings. The number of piperazine rings is 1. The van der Waals surface area contributed by atoms with E-state index in [2.05, 4.69) is 0 Å². The smallest absolute Gasteiger partial charge is 0.260 e. The maximum absolute atomic E-state index is 12.6. The molecule has 1 fully saturated rings. The number of carbonyl (C=O) groups excluding carboxylic acids is 2. The molecule has 0 aliphatic carbocycles. The molecule has 6 nitrogen and oxygen atoms in total. The molecule has 1 atom stereocenters. The minimum atomic E-state index is -0.0702. The summed E-state index contributed by atoms with van der Waals surface area (Å²) in [5.74, 6) is 1.30. The van der Waals surface area contributed by atoms with Crippen LogP contribution in [0.1, 0.15) is 18.1 Å². The van der Waals surface area contributed by atoms with Gasteiger partial charge in [0, 0.05) is 25.7 Å². The number of amides is 2. The Bertz CT molecular complexity index is 867. The first-order chi connectivity index (χ1) is 14.0. The van der Waals surface area contributed by atoms with Crippen molar-refractivity contribution in [1.82, 2.24) is 9.80 Å². The third-order valence-electron chi connectivity index (χ3n) is 5.19. The Morgan fingerprint density at radius 1 is 0.862 bits per heavy atom. The highest BCUT2D eigenvalue weighted by molar-refractivity contribution is 5.80. The van der Waals surface area contributed by atoms with Gasteiger partial charge in [0.25, 0.3) is 11.8 Å². The Labute approximate surface area is 172 Å². The Kier molecular flexibility index (Phi) is 6.75. The molecule has 1 aliphatic rings. The molecule has 0 saturated carbocycles. The lowest BCUT2D eigenvalue weighted by Crippen LogP contribution is -2.57. The summed E-state index contributed by atoms with van der Waals surface area (Å²) in [6.45, 7) is 7.33. The van der Waals surface area contributed by atoms with Gasteiger partial charge in [0.1, 0.15) is 11.5 Å². The van der Waals surface area contributed by atoms with Crippen molar-refractivity contribution in [1.29, 1.82) is 0 Å². The van der Waals surface area contributed by atoms with Crippen molar-refractivity contribution in [3.8, 4) is 11.5 Å². The molecule has 29 heavy (non-hydrogen) atoms. The Hall–Kier alpha value is -3.02. The molecule has 2 amide bonds. The van der Waals surface area contributed by atoms with Gasteiger partial charge in [0.2, 0.25) is 0 Å². The van der Waals surface area contributed by atoms with Crippen LogP contribution in [0.15, 0.2) is 48.5 Å². The van der Waals surface area contributed by atoms with Crippen LogP contribution in [0.25, 0.3) is 0 Å². The second-order valence-corrected chi connectivity index (χ2v) is 7.38. The maximum Gasteiger partial charge on any atom is 0.260 e. The van der Waals surface area contributed by atoms with E-state index in [9.17, 15) is 9.59 Å². The number of hydrogen-bond donors (Lipinski definition) is 0. The SMILES string of the molecule is Cc1ccccc1OCC(=O)N1CCN(C(=O)COc2ccccc2C)[C@@H](C)C1. The number of carbonyl (C=O) groups is 2. The Morgan fingerprint density at radius 3 is 1.90 bits per heavy atom. The molecule has 0 aromatic heterocycles. The van der Waals surface area contributed by atoms with E-state index in [1.165, 1.54) is 0 Å². The monoisotopic (exact) mass is 396 g/mol. The number of para-hydroxylation sites is 2. The van der Waals surface area contributed by atoms with Gasteiger partial charge in [-0.15, -0.1) is 0 Å². The van der Waals surface area contributed by atoms with Crippen LogP contribution in [-0.2, 0) is 9.59 Å². The van der Waals surface area contributed by atoms with Crippen LogP contribution in [0.3, 0.4) is 0 Å². The standard InChI is InChI=1S/C23H28N2O4/c1-17-8-4-6-10-20(17)28-15-22(26)24-12-13-25(19(3)14-24)23(27)16-29-21-11-7-5-9-18(21)2/h4-11,19H,12-16H2,1-3H3/t19-/m0/s1. The molecule has 0 unspecified atom stereocenters. The zero-order chi connectivity index (χ0) is 20.8. The van der Waals surface area contributed by atoms with Crippen molar-refractivity contribution < 1.29 is 19.1 Å². The average molecular weight is 396 g/mol. The van der Waals surface area contributed by atoms with Gasteiger partial charge in [-0.05, 0) is 44.0 Å². The van der Waals surface area contributed by atoms with Crippen molar-refractivity contribution in [2.75, 3.05) is 32.8 Å². The van der Waals surface area contributed by atoms with E-state index in [0.717, 1.165) is 22.6 Å². The second-order valence-electron chi connectivity index (χ2n) is 7.38. The van der Waals surface area contributed by atoms with Crippen molar-refractivity contribution in [2.45, 2.75) is 26.8 Å². The fourth-order valence-electron chi connectivity index (χ4n) is 3.44. The number of benzene rings is 2. The number of rotatable bonds is 6. The van der Waals surface area contributed by atoms with Gasteiger partial charge >= 0.3 is 0 Å². The molecule has 0 spiro atoms. The lowest BCUT2D eigenvalue weighted by Gasteiger charge is -2.39. The molecule has 3 rings (SSSR count). The summed E-state index contributed by atoms with van der Waals surface area (Å²) in [6.07, 6.45) is 0. The Morgan fingerprint density at radius 2 is 1.38 bits per heavy atom. The van der Waals surface area contributed by atoms with Crippen molar-refractivity contribution >= 4 is 11.8 Å². The molecule has 0 bridgehead atoms. The summed E-state index contributed by atoms with van der Waals surface area (Å²) >= 11 is 0. The van der Waals surface area contributed by atoms with E-state index in [4.69, 9.17) is 9.47 Å². The minimum absolute atomic E-state index is 0.000461. The number of nitrogens with zero attached hydrogens (tertiary/aromatic N) is 2. The molecule has 0 N–H and O–H groups in total. The Balaban J connectivity index is 1.48. The van der Waals surface area contributed by atoms with Crippen LogP contribution in [0.2, 0.25) is 0 Å². The van der Waals surface area contributed by atoms with Gasteiger partial charge < -0.3 is 19.3 Å². The predicted octanol–water partition coefficient (Wildman–Crippen LogP) is 2.82. The maximum atomic E-state index is 12.6. The van der Waals surface area contributed by atoms with E-state index in [1.807, 2.05) is 69.3 Å². The molecule has 154 valence electrons. The summed E-state index contributed by atoms with van der Waals surface area (Å²) in [5.41, 5.74) is 2.00. The van der Waals surface area contributed by atoms with E-state index < -0.39 is 0 Å². The first kappa shape index (κ1) is 20.7. The fraction of sp³-hybridized carbons (Fsp3) is 0.391. The zero-order valence-electron chi connectivity index (χ0n) is 17.3. The topological polar surface area (TPSA) is 59.1 Å². The third kappa shape index (κ3) is 5.28. The fourth-order valence-corrected chi connectivity index (χ4v) is 3.44. The molecule has 1 saturated heterocycles. The van der Waals surface area contributed by atoms with Crippen molar-refractivity contribution in [2.24, 2.45) is 0 Å². The molecular weight excluding hydrogens is 368 g/mol. The normalized spacial score (nSPS) is 16.4. The lowest BCUT2D eigenvalue weighted by molar-refractivity contribution is -0.144. The van der Waals surface area contributed by atoms with Gasteiger partial charge in [-0.2, -0.15) is 0 Å². The molecule has 2 aromatic carbocycles. The number of ether oxygens (including phenoxy) is 2. The predicted molar refractivity (Wildman–Crippen MR) is 111 cm³/mol. The summed E-state index contributed by atoms with van der Waals surface area (Å²) in [4.78, 5) is 28.7. The highest BCUT2D eigenvalue weighted by atomic mass is 16.5. The van der Waals surface area contributed by atoms with Gasteiger partial charge in [-0.25, -0.2) is 0 Å². The van der Waals surface area contributed by atoms with Crippen LogP contribution in [0, 0.1) is 13.8 Å². The van der Waals surface area contributed by atoms with Crippen molar-refractivity contribution in [3.05, 3.63) is 59.7 Å². The summed E-state index contributed by atoms with van der Waals surface area (Å²) < 4.78 is 11.3. The first-order valence-corrected chi connectivity index (χ1v) is 9.90. The van der Waals surface area contributed by atoms with E-state index in [1.54, 1.807) is 9.80 Å². The second kappa shape index (κ2) is 9.45. The van der Waals surface area contributed by atoms with E-state index in [0.29, 0.717) is 19.6 Å². The van der Waals surface area contributed by atoms with Crippen LogP contribution < -0.4 is 9.47 Å². The quantitative estimate of drug-likeness (QED) is 0.753. The summed E-state index contributed by atoms with van der Waals surface area (Å²) in [5, 5.41) is 0. The van der Waals surface area contributed by atoms with Gasteiger partial charge in [-0.3, -0.25) is 9.59 Å². The van der Waals surface area contributed by atoms with Gasteiger partial charge in [0.05, 0.1) is 0 Å². The van der Waals surface area contributed by atoms with E-state index in [-0.39, 0.29) is 31.1 Å². The molecule has 6 heteroatoms. The summed E-state index contributed by atoms with van der Waals surface area (Å²) in [7, 11) is 0. The average Bonchev–Trinajstić information content (AvgIpc) is 2.72. The van der Waals surface area contributed by atoms with E-state index >= 15 is 0 Å². The van der Waals surface area contributed by atoms with Crippen LogP contribution in [0.4, 0.5) is 0 Å². The largest absolute Gasteiger partial charge is 0.484 e. The molecule has 1 aliphatic heterocycles. The molecule has 1 heterocycles. The zero-order valence-corrected chi connectivity index (χ0v) is 17.3. The van der Waals surface area contributed by atoms with Gasteiger partial charge in [0.15, 0.2) is 13.2 Å².